The topological polar surface area (TPSA) is 92.7 Å². The van der Waals surface area contributed by atoms with Crippen LogP contribution in [-0.4, -0.2) is 46.0 Å². The molecule has 0 bridgehead atoms. The third-order valence-corrected chi connectivity index (χ3v) is 4.64. The summed E-state index contributed by atoms with van der Waals surface area (Å²) < 4.78 is 0. The number of nitriles is 2. The van der Waals surface area contributed by atoms with Crippen LogP contribution in [0, 0.1) is 22.7 Å². The molecule has 1 aliphatic heterocycles. The van der Waals surface area contributed by atoms with Gasteiger partial charge in [-0.2, -0.15) is 10.5 Å². The predicted molar refractivity (Wildman–Crippen MR) is 102 cm³/mol. The monoisotopic (exact) mass is 361 g/mol. The van der Waals surface area contributed by atoms with Crippen molar-refractivity contribution in [2.24, 2.45) is 0 Å². The third-order valence-electron chi connectivity index (χ3n) is 4.64. The molecular formula is C20H23N7. The highest BCUT2D eigenvalue weighted by Gasteiger charge is 2.23. The average Bonchev–Trinajstić information content (AvgIpc) is 2.67. The van der Waals surface area contributed by atoms with Crippen molar-refractivity contribution in [2.75, 3.05) is 31.1 Å². The van der Waals surface area contributed by atoms with Crippen LogP contribution in [-0.2, 0) is 12.0 Å². The minimum Gasteiger partial charge on any atom is -0.352 e. The minimum absolute atomic E-state index is 0.148. The van der Waals surface area contributed by atoms with Gasteiger partial charge in [0.15, 0.2) is 11.5 Å². The molecule has 138 valence electrons. The minimum atomic E-state index is -0.148. The lowest BCUT2D eigenvalue weighted by Gasteiger charge is -2.35. The molecule has 2 aromatic rings. The van der Waals surface area contributed by atoms with E-state index in [9.17, 15) is 10.5 Å². The van der Waals surface area contributed by atoms with Crippen LogP contribution in [0.3, 0.4) is 0 Å². The highest BCUT2D eigenvalue weighted by Crippen LogP contribution is 2.24. The lowest BCUT2D eigenvalue weighted by atomic mass is 9.88. The van der Waals surface area contributed by atoms with E-state index >= 15 is 0 Å². The Morgan fingerprint density at radius 3 is 2.33 bits per heavy atom. The van der Waals surface area contributed by atoms with Gasteiger partial charge in [0.2, 0.25) is 0 Å². The summed E-state index contributed by atoms with van der Waals surface area (Å²) in [5.74, 6) is 0.655. The first-order chi connectivity index (χ1) is 12.9. The van der Waals surface area contributed by atoms with Gasteiger partial charge in [0, 0.05) is 56.7 Å². The quantitative estimate of drug-likeness (QED) is 0.827. The summed E-state index contributed by atoms with van der Waals surface area (Å²) in [5.41, 5.74) is 2.75. The molecule has 27 heavy (non-hydrogen) atoms. The Morgan fingerprint density at radius 2 is 1.70 bits per heavy atom. The first-order valence-corrected chi connectivity index (χ1v) is 9.00. The molecule has 0 N–H and O–H groups in total. The van der Waals surface area contributed by atoms with E-state index in [1.165, 1.54) is 0 Å². The predicted octanol–water partition coefficient (Wildman–Crippen LogP) is 2.23. The molecule has 2 aromatic heterocycles. The number of rotatable bonds is 3. The zero-order valence-corrected chi connectivity index (χ0v) is 16.0. The van der Waals surface area contributed by atoms with E-state index in [1.54, 1.807) is 12.4 Å². The summed E-state index contributed by atoms with van der Waals surface area (Å²) in [6.07, 6.45) is 5.04. The molecule has 1 fully saturated rings. The number of piperazine rings is 1. The molecule has 0 atom stereocenters. The van der Waals surface area contributed by atoms with Crippen molar-refractivity contribution in [1.29, 1.82) is 10.5 Å². The summed E-state index contributed by atoms with van der Waals surface area (Å²) >= 11 is 0. The Kier molecular flexibility index (Phi) is 5.34. The summed E-state index contributed by atoms with van der Waals surface area (Å²) in [4.78, 5) is 17.4. The van der Waals surface area contributed by atoms with Crippen molar-refractivity contribution in [3.8, 4) is 12.1 Å². The van der Waals surface area contributed by atoms with Crippen molar-refractivity contribution in [3.05, 3.63) is 47.2 Å². The second-order valence-corrected chi connectivity index (χ2v) is 7.71. The highest BCUT2D eigenvalue weighted by atomic mass is 15.3. The number of pyridine rings is 1. The van der Waals surface area contributed by atoms with Gasteiger partial charge >= 0.3 is 0 Å². The third kappa shape index (κ3) is 4.21. The molecule has 1 saturated heterocycles. The average molecular weight is 361 g/mol. The van der Waals surface area contributed by atoms with Gasteiger partial charge in [0.05, 0.1) is 11.3 Å². The maximum atomic E-state index is 9.47. The van der Waals surface area contributed by atoms with Crippen molar-refractivity contribution >= 4 is 5.82 Å². The van der Waals surface area contributed by atoms with E-state index in [2.05, 4.69) is 57.7 Å². The number of anilines is 1. The number of aromatic nitrogens is 3. The van der Waals surface area contributed by atoms with E-state index in [0.717, 1.165) is 44.0 Å². The molecule has 3 heterocycles. The molecule has 0 radical (unpaired) electrons. The van der Waals surface area contributed by atoms with Crippen LogP contribution in [0.25, 0.3) is 0 Å². The van der Waals surface area contributed by atoms with Gasteiger partial charge in [-0.15, -0.1) is 0 Å². The highest BCUT2D eigenvalue weighted by molar-refractivity contribution is 5.49. The van der Waals surface area contributed by atoms with Gasteiger partial charge in [0.25, 0.3) is 0 Å². The molecule has 0 aromatic carbocycles. The Morgan fingerprint density at radius 1 is 1.00 bits per heavy atom. The summed E-state index contributed by atoms with van der Waals surface area (Å²) in [7, 11) is 0. The fraction of sp³-hybridized carbons (Fsp3) is 0.450. The van der Waals surface area contributed by atoms with Gasteiger partial charge in [-0.1, -0.05) is 20.8 Å². The standard InChI is InChI=1S/C20H23N7/c1-20(2,3)18-16(11-21)10-15(13-25-18)14-26-6-8-27(9-7-26)19-17(12-22)23-4-5-24-19/h4-5,10,13H,6-9,14H2,1-3H3. The molecule has 0 unspecified atom stereocenters. The van der Waals surface area contributed by atoms with Gasteiger partial charge in [-0.05, 0) is 11.6 Å². The van der Waals surface area contributed by atoms with Gasteiger partial charge in [-0.25, -0.2) is 9.97 Å². The molecule has 1 aliphatic rings. The zero-order chi connectivity index (χ0) is 19.4. The van der Waals surface area contributed by atoms with E-state index < -0.39 is 0 Å². The maximum Gasteiger partial charge on any atom is 0.183 e. The molecule has 7 heteroatoms. The normalized spacial score (nSPS) is 15.2. The Balaban J connectivity index is 1.66. The van der Waals surface area contributed by atoms with Crippen LogP contribution in [0.5, 0.6) is 0 Å². The Labute approximate surface area is 159 Å². The van der Waals surface area contributed by atoms with Gasteiger partial charge in [0.1, 0.15) is 12.1 Å². The molecule has 0 saturated carbocycles. The first kappa shape index (κ1) is 18.8. The molecule has 7 nitrogen and oxygen atoms in total. The van der Waals surface area contributed by atoms with E-state index in [1.807, 2.05) is 12.3 Å². The van der Waals surface area contributed by atoms with Gasteiger partial charge in [-0.3, -0.25) is 9.88 Å². The number of hydrogen-bond donors (Lipinski definition) is 0. The SMILES string of the molecule is CC(C)(C)c1ncc(CN2CCN(c3nccnc3C#N)CC2)cc1C#N. The summed E-state index contributed by atoms with van der Waals surface area (Å²) in [6.45, 7) is 10.2. The first-order valence-electron chi connectivity index (χ1n) is 9.00. The number of hydrogen-bond acceptors (Lipinski definition) is 7. The van der Waals surface area contributed by atoms with Crippen molar-refractivity contribution in [3.63, 3.8) is 0 Å². The van der Waals surface area contributed by atoms with E-state index in [4.69, 9.17) is 0 Å². The van der Waals surface area contributed by atoms with E-state index in [0.29, 0.717) is 17.1 Å². The van der Waals surface area contributed by atoms with Crippen molar-refractivity contribution < 1.29 is 0 Å². The van der Waals surface area contributed by atoms with Crippen LogP contribution in [0.1, 0.15) is 43.3 Å². The lowest BCUT2D eigenvalue weighted by molar-refractivity contribution is 0.249. The van der Waals surface area contributed by atoms with Crippen molar-refractivity contribution in [2.45, 2.75) is 32.7 Å². The van der Waals surface area contributed by atoms with E-state index in [-0.39, 0.29) is 5.41 Å². The maximum absolute atomic E-state index is 9.47. The lowest BCUT2D eigenvalue weighted by Crippen LogP contribution is -2.46. The largest absolute Gasteiger partial charge is 0.352 e. The zero-order valence-electron chi connectivity index (χ0n) is 16.0. The van der Waals surface area contributed by atoms with Gasteiger partial charge < -0.3 is 4.90 Å². The molecular weight excluding hydrogens is 338 g/mol. The fourth-order valence-electron chi connectivity index (χ4n) is 3.29. The summed E-state index contributed by atoms with van der Waals surface area (Å²) in [5, 5.41) is 18.7. The smallest absolute Gasteiger partial charge is 0.183 e. The fourth-order valence-corrected chi connectivity index (χ4v) is 3.29. The number of nitrogens with zero attached hydrogens (tertiary/aromatic N) is 7. The molecule has 0 aliphatic carbocycles. The van der Waals surface area contributed by atoms with Crippen LogP contribution in [0.15, 0.2) is 24.7 Å². The molecule has 0 amide bonds. The van der Waals surface area contributed by atoms with Crippen molar-refractivity contribution in [1.82, 2.24) is 19.9 Å². The second-order valence-electron chi connectivity index (χ2n) is 7.71. The van der Waals surface area contributed by atoms with Crippen LogP contribution in [0.4, 0.5) is 5.82 Å². The molecule has 3 rings (SSSR count). The second kappa shape index (κ2) is 7.69. The van der Waals surface area contributed by atoms with Crippen LogP contribution in [0.2, 0.25) is 0 Å². The van der Waals surface area contributed by atoms with Crippen LogP contribution < -0.4 is 4.90 Å². The Bertz CT molecular complexity index is 894. The molecule has 0 spiro atoms. The Hall–Kier alpha value is -3.03. The summed E-state index contributed by atoms with van der Waals surface area (Å²) in [6, 6.07) is 6.35. The van der Waals surface area contributed by atoms with Crippen LogP contribution >= 0.6 is 0 Å².